The van der Waals surface area contributed by atoms with Crippen molar-refractivity contribution >= 4 is 56.9 Å². The van der Waals surface area contributed by atoms with Gasteiger partial charge in [-0.25, -0.2) is 0 Å². The molecule has 0 saturated carbocycles. The Balaban J connectivity index is 1.43. The third kappa shape index (κ3) is 5.39. The molecule has 2 aromatic heterocycles. The molecule has 0 spiro atoms. The van der Waals surface area contributed by atoms with E-state index < -0.39 is 5.92 Å². The van der Waals surface area contributed by atoms with Gasteiger partial charge in [0.25, 0.3) is 0 Å². The minimum atomic E-state index is -0.508. The molecule has 0 bridgehead atoms. The summed E-state index contributed by atoms with van der Waals surface area (Å²) in [5.74, 6) is -0.386. The Kier molecular flexibility index (Phi) is 7.51. The molecule has 3 N–H and O–H groups in total. The van der Waals surface area contributed by atoms with Gasteiger partial charge in [0, 0.05) is 33.1 Å². The lowest BCUT2D eigenvalue weighted by molar-refractivity contribution is -0.118. The molecule has 0 radical (unpaired) electrons. The number of nitrogens with one attached hydrogen (secondary N) is 1. The number of carbonyl (C=O) groups excluding carboxylic acids is 2. The number of thiophene rings is 1. The average Bonchev–Trinajstić information content (AvgIpc) is 3.55. The van der Waals surface area contributed by atoms with E-state index in [1.807, 2.05) is 39.0 Å². The molecule has 5 rings (SSSR count). The normalized spacial score (nSPS) is 18.3. The quantitative estimate of drug-likeness (QED) is 0.359. The van der Waals surface area contributed by atoms with Crippen molar-refractivity contribution in [2.24, 2.45) is 11.1 Å². The number of aryl methyl sites for hydroxylation is 1. The number of anilines is 2. The van der Waals surface area contributed by atoms with Crippen molar-refractivity contribution in [3.8, 4) is 12.1 Å². The third-order valence-corrected chi connectivity index (χ3v) is 9.75. The zero-order chi connectivity index (χ0) is 28.6. The zero-order valence-electron chi connectivity index (χ0n) is 22.0. The van der Waals surface area contributed by atoms with Gasteiger partial charge in [-0.15, -0.1) is 21.5 Å². The number of hydrogen-bond donors (Lipinski definition) is 2. The van der Waals surface area contributed by atoms with E-state index in [1.165, 1.54) is 23.1 Å². The number of nitrogens with zero attached hydrogens (tertiary/aromatic N) is 5. The van der Waals surface area contributed by atoms with Crippen LogP contribution < -0.4 is 16.0 Å². The smallest absolute Gasteiger partial charge is 0.234 e. The number of nitriles is 2. The number of aromatic nitrogens is 2. The summed E-state index contributed by atoms with van der Waals surface area (Å²) in [7, 11) is 0. The highest BCUT2D eigenvalue weighted by Crippen LogP contribution is 2.51. The van der Waals surface area contributed by atoms with Gasteiger partial charge in [0.2, 0.25) is 11.0 Å². The molecule has 1 amide bonds. The fourth-order valence-corrected chi connectivity index (χ4v) is 7.60. The summed E-state index contributed by atoms with van der Waals surface area (Å²) in [6, 6.07) is 14.9. The van der Waals surface area contributed by atoms with Gasteiger partial charge >= 0.3 is 0 Å². The van der Waals surface area contributed by atoms with Gasteiger partial charge in [-0.3, -0.25) is 14.5 Å². The van der Waals surface area contributed by atoms with E-state index in [2.05, 4.69) is 21.6 Å². The number of allylic oxidation sites excluding steroid dienone is 3. The second-order valence-electron chi connectivity index (χ2n) is 10.3. The van der Waals surface area contributed by atoms with Crippen LogP contribution in [0.1, 0.15) is 47.9 Å². The van der Waals surface area contributed by atoms with Crippen molar-refractivity contribution in [1.82, 2.24) is 10.2 Å². The van der Waals surface area contributed by atoms with Crippen LogP contribution in [0.4, 0.5) is 10.8 Å². The number of thioether (sulfide) groups is 1. The fraction of sp³-hybridized carbons (Fsp3) is 0.286. The van der Waals surface area contributed by atoms with Crippen LogP contribution in [0.15, 0.2) is 63.4 Å². The summed E-state index contributed by atoms with van der Waals surface area (Å²) < 4.78 is 0.552. The Morgan fingerprint density at radius 3 is 2.55 bits per heavy atom. The highest BCUT2D eigenvalue weighted by atomic mass is 32.2. The van der Waals surface area contributed by atoms with Crippen LogP contribution in [0.25, 0.3) is 0 Å². The van der Waals surface area contributed by atoms with Gasteiger partial charge in [0.1, 0.15) is 5.82 Å². The van der Waals surface area contributed by atoms with E-state index in [0.717, 1.165) is 15.5 Å². The second kappa shape index (κ2) is 10.9. The Hall–Kier alpha value is -3.97. The predicted octanol–water partition coefficient (Wildman–Crippen LogP) is 5.45. The van der Waals surface area contributed by atoms with Gasteiger partial charge < -0.3 is 11.1 Å². The molecular formula is C28H25N7O2S3. The topological polar surface area (TPSA) is 149 Å². The van der Waals surface area contributed by atoms with E-state index in [-0.39, 0.29) is 28.7 Å². The fourth-order valence-electron chi connectivity index (χ4n) is 4.92. The maximum absolute atomic E-state index is 13.6. The van der Waals surface area contributed by atoms with Crippen LogP contribution in [-0.4, -0.2) is 27.6 Å². The van der Waals surface area contributed by atoms with Crippen molar-refractivity contribution in [2.45, 2.75) is 43.9 Å². The van der Waals surface area contributed by atoms with E-state index in [9.17, 15) is 14.9 Å². The lowest BCUT2D eigenvalue weighted by Crippen LogP contribution is -2.42. The minimum Gasteiger partial charge on any atom is -0.384 e. The summed E-state index contributed by atoms with van der Waals surface area (Å²) in [6.45, 7) is 6.09. The molecule has 202 valence electrons. The number of rotatable bonds is 6. The number of carbonyl (C=O) groups is 2. The standard InChI is InChI=1S/C28H25N7O2S3/c1-15-4-9-21(39-15)23-18(13-30)25(31)35(19-10-28(2,3)11-20(36)24(19)23)26-33-34-27(40-26)38-14-22(37)32-17-7-5-16(12-29)6-8-17/h4-9,23H,10-11,14,31H2,1-3H3,(H,32,37). The van der Waals surface area contributed by atoms with Crippen molar-refractivity contribution in [3.63, 3.8) is 0 Å². The van der Waals surface area contributed by atoms with Crippen LogP contribution in [-0.2, 0) is 9.59 Å². The molecule has 3 heterocycles. The van der Waals surface area contributed by atoms with Crippen molar-refractivity contribution in [2.75, 3.05) is 16.0 Å². The van der Waals surface area contributed by atoms with Crippen molar-refractivity contribution in [3.05, 3.63) is 74.4 Å². The third-order valence-electron chi connectivity index (χ3n) is 6.64. The van der Waals surface area contributed by atoms with E-state index >= 15 is 0 Å². The molecule has 0 fully saturated rings. The second-order valence-corrected chi connectivity index (χ2v) is 13.8. The molecule has 2 aliphatic rings. The lowest BCUT2D eigenvalue weighted by atomic mass is 9.70. The number of nitrogens with two attached hydrogens (primary N) is 1. The maximum atomic E-state index is 13.6. The summed E-state index contributed by atoms with van der Waals surface area (Å²) in [5.41, 5.74) is 9.15. The highest BCUT2D eigenvalue weighted by Gasteiger charge is 2.45. The molecular weight excluding hydrogens is 563 g/mol. The van der Waals surface area contributed by atoms with Gasteiger partial charge in [-0.1, -0.05) is 36.9 Å². The maximum Gasteiger partial charge on any atom is 0.234 e. The molecule has 0 saturated heterocycles. The van der Waals surface area contributed by atoms with E-state index in [4.69, 9.17) is 11.0 Å². The Bertz CT molecular complexity index is 1650. The molecule has 1 aromatic carbocycles. The van der Waals surface area contributed by atoms with Crippen molar-refractivity contribution in [1.29, 1.82) is 10.5 Å². The molecule has 1 aliphatic heterocycles. The van der Waals surface area contributed by atoms with Crippen LogP contribution in [0.2, 0.25) is 0 Å². The number of amides is 1. The lowest BCUT2D eigenvalue weighted by Gasteiger charge is -2.42. The van der Waals surface area contributed by atoms with Crippen LogP contribution in [0, 0.1) is 35.0 Å². The Morgan fingerprint density at radius 1 is 1.15 bits per heavy atom. The highest BCUT2D eigenvalue weighted by molar-refractivity contribution is 8.01. The van der Waals surface area contributed by atoms with Gasteiger partial charge in [0.05, 0.1) is 34.9 Å². The summed E-state index contributed by atoms with van der Waals surface area (Å²) >= 11 is 4.04. The number of hydrogen-bond acceptors (Lipinski definition) is 11. The average molecular weight is 588 g/mol. The largest absolute Gasteiger partial charge is 0.384 e. The molecule has 12 heteroatoms. The predicted molar refractivity (Wildman–Crippen MR) is 157 cm³/mol. The molecule has 1 atom stereocenters. The summed E-state index contributed by atoms with van der Waals surface area (Å²) in [5, 5.41) is 31.0. The first kappa shape index (κ1) is 27.6. The first-order valence-electron chi connectivity index (χ1n) is 12.4. The minimum absolute atomic E-state index is 0.00569. The first-order valence-corrected chi connectivity index (χ1v) is 15.0. The molecule has 3 aromatic rings. The number of Topliss-reactive ketones (excluding diaryl/α,β-unsaturated/α-hetero) is 1. The van der Waals surface area contributed by atoms with Crippen LogP contribution in [0.5, 0.6) is 0 Å². The zero-order valence-corrected chi connectivity index (χ0v) is 24.5. The van der Waals surface area contributed by atoms with Gasteiger partial charge in [0.15, 0.2) is 10.1 Å². The monoisotopic (exact) mass is 587 g/mol. The first-order chi connectivity index (χ1) is 19.1. The number of ketones is 1. The van der Waals surface area contributed by atoms with Crippen molar-refractivity contribution < 1.29 is 9.59 Å². The van der Waals surface area contributed by atoms with Gasteiger partial charge in [-0.05, 0) is 55.2 Å². The van der Waals surface area contributed by atoms with E-state index in [0.29, 0.717) is 44.7 Å². The summed E-state index contributed by atoms with van der Waals surface area (Å²) in [6.07, 6.45) is 0.966. The molecule has 1 unspecified atom stereocenters. The number of benzene rings is 1. The molecule has 1 aliphatic carbocycles. The van der Waals surface area contributed by atoms with Crippen LogP contribution >= 0.6 is 34.4 Å². The molecule has 40 heavy (non-hydrogen) atoms. The van der Waals surface area contributed by atoms with E-state index in [1.54, 1.807) is 40.5 Å². The van der Waals surface area contributed by atoms with Gasteiger partial charge in [-0.2, -0.15) is 10.5 Å². The Labute approximate surface area is 244 Å². The summed E-state index contributed by atoms with van der Waals surface area (Å²) in [4.78, 5) is 29.8. The molecule has 9 nitrogen and oxygen atoms in total. The Morgan fingerprint density at radius 2 is 1.90 bits per heavy atom. The van der Waals surface area contributed by atoms with Crippen LogP contribution in [0.3, 0.4) is 0 Å². The SMILES string of the molecule is Cc1ccc(C2C(C#N)=C(N)N(c3nnc(SCC(=O)Nc4ccc(C#N)cc4)s3)C3=C2C(=O)CC(C)(C)C3)s1.